The van der Waals surface area contributed by atoms with Crippen molar-refractivity contribution in [3.05, 3.63) is 39.2 Å². The van der Waals surface area contributed by atoms with E-state index < -0.39 is 21.7 Å². The van der Waals surface area contributed by atoms with Gasteiger partial charge in [-0.15, -0.1) is 11.3 Å². The number of sulfonamides is 1. The monoisotopic (exact) mass is 449 g/mol. The van der Waals surface area contributed by atoms with E-state index in [0.717, 1.165) is 32.7 Å². The highest BCUT2D eigenvalue weighted by Crippen LogP contribution is 2.35. The van der Waals surface area contributed by atoms with Gasteiger partial charge in [0.1, 0.15) is 9.81 Å². The van der Waals surface area contributed by atoms with Crippen molar-refractivity contribution < 1.29 is 13.5 Å². The Morgan fingerprint density at radius 3 is 2.20 bits per heavy atom. The summed E-state index contributed by atoms with van der Waals surface area (Å²) in [6, 6.07) is 2.60. The predicted molar refractivity (Wildman–Crippen MR) is 109 cm³/mol. The van der Waals surface area contributed by atoms with E-state index in [9.17, 15) is 13.5 Å². The van der Waals surface area contributed by atoms with E-state index in [4.69, 9.17) is 0 Å². The molecule has 0 bridgehead atoms. The number of rotatable bonds is 8. The minimum Gasteiger partial charge on any atom is -0.379 e. The molecule has 0 aromatic carbocycles. The summed E-state index contributed by atoms with van der Waals surface area (Å²) in [5, 5.41) is 11.6. The molecule has 1 aromatic heterocycles. The maximum Gasteiger partial charge on any atom is 0.250 e. The average Bonchev–Trinajstić information content (AvgIpc) is 3.04. The Balaban J connectivity index is 3.47. The molecule has 0 saturated carbocycles. The van der Waals surface area contributed by atoms with Gasteiger partial charge in [-0.25, -0.2) is 13.1 Å². The summed E-state index contributed by atoms with van der Waals surface area (Å²) in [7, 11) is -3.74. The molecular weight excluding hydrogens is 422 g/mol. The van der Waals surface area contributed by atoms with Crippen LogP contribution in [0.15, 0.2) is 43.4 Å². The fraction of sp³-hybridized carbons (Fsp3) is 0.556. The highest BCUT2D eigenvalue weighted by atomic mass is 79.9. The summed E-state index contributed by atoms with van der Waals surface area (Å²) in [6.45, 7) is 11.3. The highest BCUT2D eigenvalue weighted by molar-refractivity contribution is 9.11. The maximum absolute atomic E-state index is 12.9. The van der Waals surface area contributed by atoms with E-state index in [0.29, 0.717) is 0 Å². The Hall–Kier alpha value is -0.470. The van der Waals surface area contributed by atoms with Crippen molar-refractivity contribution in [1.82, 2.24) is 4.72 Å². The molecule has 7 heteroatoms. The van der Waals surface area contributed by atoms with Crippen LogP contribution in [0.5, 0.6) is 0 Å². The van der Waals surface area contributed by atoms with E-state index >= 15 is 0 Å². The zero-order valence-electron chi connectivity index (χ0n) is 15.6. The summed E-state index contributed by atoms with van der Waals surface area (Å²) >= 11 is 4.45. The molecule has 1 rings (SSSR count). The molecule has 142 valence electrons. The molecule has 4 nitrogen and oxygen atoms in total. The molecule has 25 heavy (non-hydrogen) atoms. The van der Waals surface area contributed by atoms with Gasteiger partial charge >= 0.3 is 0 Å². The van der Waals surface area contributed by atoms with Gasteiger partial charge in [0.25, 0.3) is 0 Å². The summed E-state index contributed by atoms with van der Waals surface area (Å²) < 4.78 is 29.5. The summed E-state index contributed by atoms with van der Waals surface area (Å²) in [5.74, 6) is -0.0621. The molecule has 0 aliphatic heterocycles. The molecule has 1 heterocycles. The number of hydrogen-bond donors (Lipinski definition) is 2. The second kappa shape index (κ2) is 8.95. The number of hydrogen-bond acceptors (Lipinski definition) is 4. The largest absolute Gasteiger partial charge is 0.379 e. The average molecular weight is 450 g/mol. The van der Waals surface area contributed by atoms with Crippen molar-refractivity contribution in [3.8, 4) is 0 Å². The lowest BCUT2D eigenvalue weighted by Gasteiger charge is -2.41. The lowest BCUT2D eigenvalue weighted by Crippen LogP contribution is -2.57. The Labute approximate surface area is 164 Å². The molecule has 0 unspecified atom stereocenters. The number of halogens is 1. The Morgan fingerprint density at radius 1 is 1.32 bits per heavy atom. The first-order valence-electron chi connectivity index (χ1n) is 8.31. The van der Waals surface area contributed by atoms with Crippen molar-refractivity contribution in [1.29, 1.82) is 0 Å². The van der Waals surface area contributed by atoms with Crippen molar-refractivity contribution in [2.75, 3.05) is 0 Å². The highest BCUT2D eigenvalue weighted by Gasteiger charge is 2.44. The molecule has 0 aliphatic carbocycles. The number of allylic oxidation sites excluding steroid dienone is 2. The zero-order chi connectivity index (χ0) is 19.4. The molecule has 2 N–H and O–H groups in total. The standard InChI is InChI=1S/C18H28BrNO3S2/c1-7-12(4)17(18(21,13(5)8-2)14(6)9-3)20-25(22,23)16-11-10-15(19)24-16/h8-12,17,20-21H,7H2,1-6H3/b13-8+,14-9+/t12-,17-/m0/s1. The van der Waals surface area contributed by atoms with Crippen molar-refractivity contribution in [3.63, 3.8) is 0 Å². The molecule has 2 atom stereocenters. The molecular formula is C18H28BrNO3S2. The summed E-state index contributed by atoms with van der Waals surface area (Å²) in [6.07, 6.45) is 4.40. The molecule has 0 spiro atoms. The molecule has 0 fully saturated rings. The number of aliphatic hydroxyl groups is 1. The van der Waals surface area contributed by atoms with Gasteiger partial charge in [-0.3, -0.25) is 0 Å². The van der Waals surface area contributed by atoms with Crippen LogP contribution in [0, 0.1) is 5.92 Å². The third kappa shape index (κ3) is 4.83. The summed E-state index contributed by atoms with van der Waals surface area (Å²) in [4.78, 5) is 0. The molecule has 0 saturated heterocycles. The molecule has 0 aliphatic rings. The van der Waals surface area contributed by atoms with Crippen molar-refractivity contribution in [2.45, 2.75) is 63.8 Å². The van der Waals surface area contributed by atoms with E-state index in [2.05, 4.69) is 20.7 Å². The molecule has 0 amide bonds. The Bertz CT molecular complexity index is 732. The van der Waals surface area contributed by atoms with Crippen LogP contribution in [0.4, 0.5) is 0 Å². The fourth-order valence-corrected chi connectivity index (χ4v) is 6.15. The topological polar surface area (TPSA) is 66.4 Å². The van der Waals surface area contributed by atoms with E-state index in [1.807, 2.05) is 53.7 Å². The Morgan fingerprint density at radius 2 is 1.84 bits per heavy atom. The minimum atomic E-state index is -3.74. The number of nitrogens with one attached hydrogen (secondary N) is 1. The van der Waals surface area contributed by atoms with Gasteiger partial charge in [0.15, 0.2) is 0 Å². The first kappa shape index (κ1) is 22.6. The van der Waals surface area contributed by atoms with Gasteiger partial charge in [-0.2, -0.15) is 0 Å². The zero-order valence-corrected chi connectivity index (χ0v) is 18.8. The van der Waals surface area contributed by atoms with Crippen LogP contribution >= 0.6 is 27.3 Å². The van der Waals surface area contributed by atoms with Gasteiger partial charge in [0.05, 0.1) is 9.83 Å². The minimum absolute atomic E-state index is 0.0621. The smallest absolute Gasteiger partial charge is 0.250 e. The van der Waals surface area contributed by atoms with Crippen LogP contribution in [0.25, 0.3) is 0 Å². The van der Waals surface area contributed by atoms with Crippen molar-refractivity contribution >= 4 is 37.3 Å². The van der Waals surface area contributed by atoms with Gasteiger partial charge < -0.3 is 5.11 Å². The summed E-state index contributed by atoms with van der Waals surface area (Å²) in [5.41, 5.74) is 0.0763. The van der Waals surface area contributed by atoms with Crippen LogP contribution in [-0.2, 0) is 10.0 Å². The van der Waals surface area contributed by atoms with Crippen molar-refractivity contribution in [2.24, 2.45) is 5.92 Å². The normalized spacial score (nSPS) is 18.7. The third-order valence-electron chi connectivity index (χ3n) is 4.83. The second-order valence-corrected chi connectivity index (χ2v) is 10.7. The molecule has 1 aromatic rings. The maximum atomic E-state index is 12.9. The van der Waals surface area contributed by atoms with Gasteiger partial charge in [-0.05, 0) is 72.8 Å². The van der Waals surface area contributed by atoms with Gasteiger partial charge in [0.2, 0.25) is 10.0 Å². The van der Waals surface area contributed by atoms with Crippen LogP contribution in [-0.4, -0.2) is 25.2 Å². The number of thiophene rings is 1. The fourth-order valence-electron chi connectivity index (χ4n) is 2.76. The van der Waals surface area contributed by atoms with Gasteiger partial charge in [0, 0.05) is 0 Å². The van der Waals surface area contributed by atoms with E-state index in [-0.39, 0.29) is 10.1 Å². The lowest BCUT2D eigenvalue weighted by atomic mass is 9.75. The SMILES string of the molecule is C/C=C(\C)C(O)(/C(C)=C/C)[C@@H](NS(=O)(=O)c1ccc(Br)s1)[C@@H](C)CC. The van der Waals surface area contributed by atoms with Crippen LogP contribution in [0.1, 0.15) is 48.0 Å². The third-order valence-corrected chi connectivity index (χ3v) is 8.38. The first-order chi connectivity index (χ1) is 11.5. The van der Waals surface area contributed by atoms with Gasteiger partial charge in [-0.1, -0.05) is 32.4 Å². The van der Waals surface area contributed by atoms with Crippen LogP contribution in [0.2, 0.25) is 0 Å². The molecule has 0 radical (unpaired) electrons. The lowest BCUT2D eigenvalue weighted by molar-refractivity contribution is 0.0581. The van der Waals surface area contributed by atoms with E-state index in [1.54, 1.807) is 12.1 Å². The second-order valence-electron chi connectivity index (χ2n) is 6.25. The quantitative estimate of drug-likeness (QED) is 0.556. The Kier molecular flexibility index (Phi) is 8.08. The van der Waals surface area contributed by atoms with Crippen LogP contribution in [0.3, 0.4) is 0 Å². The van der Waals surface area contributed by atoms with Crippen LogP contribution < -0.4 is 4.72 Å². The first-order valence-corrected chi connectivity index (χ1v) is 11.4. The predicted octanol–water partition coefficient (Wildman–Crippen LogP) is 4.87. The van der Waals surface area contributed by atoms with E-state index in [1.165, 1.54) is 0 Å².